The van der Waals surface area contributed by atoms with E-state index in [0.29, 0.717) is 19.0 Å². The van der Waals surface area contributed by atoms with Crippen LogP contribution in [0.15, 0.2) is 53.5 Å². The minimum atomic E-state index is -0.119. The first-order valence-corrected chi connectivity index (χ1v) is 8.62. The largest absolute Gasteiger partial charge is 0.497 e. The zero-order chi connectivity index (χ0) is 19.5. The summed E-state index contributed by atoms with van der Waals surface area (Å²) in [6, 6.07) is 15.3. The van der Waals surface area contributed by atoms with E-state index in [1.165, 1.54) is 0 Å². The molecule has 0 saturated heterocycles. The van der Waals surface area contributed by atoms with Crippen LogP contribution in [0.25, 0.3) is 0 Å². The summed E-state index contributed by atoms with van der Waals surface area (Å²) in [5, 5.41) is 9.03. The Bertz CT molecular complexity index is 766. The maximum absolute atomic E-state index is 12.0. The Kier molecular flexibility index (Phi) is 10.8. The molecule has 0 bridgehead atoms. The summed E-state index contributed by atoms with van der Waals surface area (Å²) in [5.41, 5.74) is 2.01. The van der Waals surface area contributed by atoms with Gasteiger partial charge in [0.15, 0.2) is 5.96 Å². The summed E-state index contributed by atoms with van der Waals surface area (Å²) < 4.78 is 10.4. The van der Waals surface area contributed by atoms with Crippen LogP contribution < -0.4 is 25.4 Å². The Hall–Kier alpha value is -2.49. The van der Waals surface area contributed by atoms with E-state index in [4.69, 9.17) is 9.47 Å². The van der Waals surface area contributed by atoms with Crippen LogP contribution in [0.5, 0.6) is 11.5 Å². The normalized spacial score (nSPS) is 10.5. The minimum absolute atomic E-state index is 0. The number of benzene rings is 2. The molecule has 0 atom stereocenters. The lowest BCUT2D eigenvalue weighted by atomic mass is 10.2. The van der Waals surface area contributed by atoms with E-state index in [-0.39, 0.29) is 36.4 Å². The molecule has 2 aromatic rings. The first-order valence-electron chi connectivity index (χ1n) is 8.62. The van der Waals surface area contributed by atoms with E-state index in [1.54, 1.807) is 21.3 Å². The molecular weight excluding hydrogens is 471 g/mol. The topological polar surface area (TPSA) is 84.0 Å². The molecule has 2 rings (SSSR count). The standard InChI is InChI=1S/C20H26N4O3.HI/c1-21-20(23-13-16-6-4-5-7-18(16)27-3)24-14-19(25)22-12-15-8-10-17(26-2)11-9-15;/h4-11H,12-14H2,1-3H3,(H,22,25)(H2,21,23,24);1H. The lowest BCUT2D eigenvalue weighted by Gasteiger charge is -2.13. The fraction of sp³-hybridized carbons (Fsp3) is 0.300. The van der Waals surface area contributed by atoms with Gasteiger partial charge >= 0.3 is 0 Å². The third-order valence-corrected chi connectivity index (χ3v) is 3.93. The maximum atomic E-state index is 12.0. The Morgan fingerprint density at radius 2 is 1.64 bits per heavy atom. The van der Waals surface area contributed by atoms with Crippen molar-refractivity contribution in [1.82, 2.24) is 16.0 Å². The van der Waals surface area contributed by atoms with E-state index in [0.717, 1.165) is 22.6 Å². The summed E-state index contributed by atoms with van der Waals surface area (Å²) in [5.74, 6) is 2.01. The molecule has 0 radical (unpaired) electrons. The molecule has 0 aliphatic rings. The van der Waals surface area contributed by atoms with Gasteiger partial charge in [0.05, 0.1) is 20.8 Å². The molecule has 3 N–H and O–H groups in total. The third-order valence-electron chi connectivity index (χ3n) is 3.93. The van der Waals surface area contributed by atoms with Gasteiger partial charge in [0.1, 0.15) is 11.5 Å². The van der Waals surface area contributed by atoms with Gasteiger partial charge in [-0.15, -0.1) is 24.0 Å². The summed E-state index contributed by atoms with van der Waals surface area (Å²) in [6.45, 7) is 1.12. The van der Waals surface area contributed by atoms with Gasteiger partial charge in [-0.25, -0.2) is 0 Å². The minimum Gasteiger partial charge on any atom is -0.497 e. The summed E-state index contributed by atoms with van der Waals surface area (Å²) >= 11 is 0. The molecule has 0 aliphatic heterocycles. The Balaban J connectivity index is 0.00000392. The SMILES string of the molecule is CN=C(NCC(=O)NCc1ccc(OC)cc1)NCc1ccccc1OC.I. The second-order valence-corrected chi connectivity index (χ2v) is 5.72. The van der Waals surface area contributed by atoms with Crippen molar-refractivity contribution in [2.45, 2.75) is 13.1 Å². The number of ether oxygens (including phenoxy) is 2. The number of hydrogen-bond donors (Lipinski definition) is 3. The van der Waals surface area contributed by atoms with Crippen molar-refractivity contribution in [1.29, 1.82) is 0 Å². The molecule has 0 aliphatic carbocycles. The van der Waals surface area contributed by atoms with Crippen LogP contribution in [-0.4, -0.2) is 39.7 Å². The Morgan fingerprint density at radius 3 is 2.29 bits per heavy atom. The monoisotopic (exact) mass is 498 g/mol. The van der Waals surface area contributed by atoms with Crippen LogP contribution in [0.3, 0.4) is 0 Å². The average Bonchev–Trinajstić information content (AvgIpc) is 2.73. The smallest absolute Gasteiger partial charge is 0.239 e. The van der Waals surface area contributed by atoms with E-state index in [9.17, 15) is 4.79 Å². The quantitative estimate of drug-likeness (QED) is 0.296. The molecule has 8 heteroatoms. The lowest BCUT2D eigenvalue weighted by molar-refractivity contribution is -0.120. The van der Waals surface area contributed by atoms with E-state index in [2.05, 4.69) is 20.9 Å². The van der Waals surface area contributed by atoms with Crippen LogP contribution in [0.1, 0.15) is 11.1 Å². The predicted octanol–water partition coefficient (Wildman–Crippen LogP) is 2.30. The van der Waals surface area contributed by atoms with Crippen molar-refractivity contribution in [3.05, 3.63) is 59.7 Å². The van der Waals surface area contributed by atoms with Crippen molar-refractivity contribution in [2.75, 3.05) is 27.8 Å². The lowest BCUT2D eigenvalue weighted by Crippen LogP contribution is -2.42. The number of carbonyl (C=O) groups is 1. The fourth-order valence-electron chi connectivity index (χ4n) is 2.42. The first-order chi connectivity index (χ1) is 13.2. The Morgan fingerprint density at radius 1 is 0.929 bits per heavy atom. The number of amides is 1. The van der Waals surface area contributed by atoms with Gasteiger partial charge in [-0.2, -0.15) is 0 Å². The van der Waals surface area contributed by atoms with E-state index in [1.807, 2.05) is 48.5 Å². The Labute approximate surface area is 182 Å². The van der Waals surface area contributed by atoms with Gasteiger partial charge in [0.25, 0.3) is 0 Å². The zero-order valence-electron chi connectivity index (χ0n) is 16.3. The van der Waals surface area contributed by atoms with Crippen molar-refractivity contribution >= 4 is 35.8 Å². The zero-order valence-corrected chi connectivity index (χ0v) is 18.7. The first kappa shape index (κ1) is 23.5. The maximum Gasteiger partial charge on any atom is 0.239 e. The molecule has 0 fully saturated rings. The van der Waals surface area contributed by atoms with Crippen molar-refractivity contribution in [3.8, 4) is 11.5 Å². The molecule has 28 heavy (non-hydrogen) atoms. The molecule has 7 nitrogen and oxygen atoms in total. The van der Waals surface area contributed by atoms with Crippen molar-refractivity contribution < 1.29 is 14.3 Å². The van der Waals surface area contributed by atoms with Crippen molar-refractivity contribution in [2.24, 2.45) is 4.99 Å². The molecule has 152 valence electrons. The molecule has 0 spiro atoms. The highest BCUT2D eigenvalue weighted by molar-refractivity contribution is 14.0. The average molecular weight is 498 g/mol. The number of rotatable bonds is 8. The van der Waals surface area contributed by atoms with E-state index < -0.39 is 0 Å². The van der Waals surface area contributed by atoms with E-state index >= 15 is 0 Å². The van der Waals surface area contributed by atoms with Gasteiger partial charge in [-0.05, 0) is 23.8 Å². The number of aliphatic imine (C=N–C) groups is 1. The third kappa shape index (κ3) is 7.63. The molecule has 1 amide bonds. The molecule has 0 aromatic heterocycles. The van der Waals surface area contributed by atoms with Crippen LogP contribution in [0.2, 0.25) is 0 Å². The second-order valence-electron chi connectivity index (χ2n) is 5.72. The second kappa shape index (κ2) is 12.8. The summed E-state index contributed by atoms with van der Waals surface area (Å²) in [6.07, 6.45) is 0. The number of halogens is 1. The van der Waals surface area contributed by atoms with Crippen LogP contribution in [0, 0.1) is 0 Å². The van der Waals surface area contributed by atoms with Gasteiger partial charge in [-0.3, -0.25) is 9.79 Å². The highest BCUT2D eigenvalue weighted by Crippen LogP contribution is 2.16. The number of methoxy groups -OCH3 is 2. The highest BCUT2D eigenvalue weighted by atomic mass is 127. The van der Waals surface area contributed by atoms with Crippen LogP contribution in [0.4, 0.5) is 0 Å². The molecule has 0 saturated carbocycles. The summed E-state index contributed by atoms with van der Waals surface area (Å²) in [4.78, 5) is 16.2. The number of nitrogens with zero attached hydrogens (tertiary/aromatic N) is 1. The highest BCUT2D eigenvalue weighted by Gasteiger charge is 2.06. The fourth-order valence-corrected chi connectivity index (χ4v) is 2.42. The summed E-state index contributed by atoms with van der Waals surface area (Å²) in [7, 11) is 4.92. The van der Waals surface area contributed by atoms with Gasteiger partial charge < -0.3 is 25.4 Å². The molecular formula is C20H27IN4O3. The number of guanidine groups is 1. The van der Waals surface area contributed by atoms with Crippen LogP contribution >= 0.6 is 24.0 Å². The molecule has 0 heterocycles. The predicted molar refractivity (Wildman–Crippen MR) is 121 cm³/mol. The van der Waals surface area contributed by atoms with Crippen LogP contribution in [-0.2, 0) is 17.9 Å². The van der Waals surface area contributed by atoms with Gasteiger partial charge in [0.2, 0.25) is 5.91 Å². The molecule has 0 unspecified atom stereocenters. The molecule has 2 aromatic carbocycles. The number of para-hydroxylation sites is 1. The number of hydrogen-bond acceptors (Lipinski definition) is 4. The van der Waals surface area contributed by atoms with Crippen molar-refractivity contribution in [3.63, 3.8) is 0 Å². The number of carbonyl (C=O) groups excluding carboxylic acids is 1. The van der Waals surface area contributed by atoms with Gasteiger partial charge in [0, 0.05) is 25.7 Å². The number of nitrogens with one attached hydrogen (secondary N) is 3. The van der Waals surface area contributed by atoms with Gasteiger partial charge in [-0.1, -0.05) is 30.3 Å².